The van der Waals surface area contributed by atoms with Crippen LogP contribution in [0.2, 0.25) is 0 Å². The van der Waals surface area contributed by atoms with Crippen LogP contribution < -0.4 is 10.2 Å². The first-order valence-corrected chi connectivity index (χ1v) is 11.0. The molecule has 3 aromatic carbocycles. The topological polar surface area (TPSA) is 58.4 Å². The van der Waals surface area contributed by atoms with Gasteiger partial charge < -0.3 is 14.7 Å². The number of anilines is 3. The van der Waals surface area contributed by atoms with Gasteiger partial charge in [0.25, 0.3) is 0 Å². The number of carbonyl (C=O) groups excluding carboxylic acids is 1. The second kappa shape index (κ2) is 7.19. The molecule has 0 unspecified atom stereocenters. The summed E-state index contributed by atoms with van der Waals surface area (Å²) in [4.78, 5) is 16.0. The lowest BCUT2D eigenvalue weighted by Gasteiger charge is -2.36. The van der Waals surface area contributed by atoms with E-state index in [4.69, 9.17) is 4.52 Å². The van der Waals surface area contributed by atoms with Crippen LogP contribution >= 0.6 is 0 Å². The predicted molar refractivity (Wildman–Crippen MR) is 123 cm³/mol. The van der Waals surface area contributed by atoms with Crippen LogP contribution in [0.1, 0.15) is 42.1 Å². The minimum absolute atomic E-state index is 0.0656. The maximum atomic E-state index is 13.6. The standard InChI is InChI=1S/C26H22FN3O2/c1-15-6-4-5-13-30(15)21-14-20(28-17-11-9-16(27)10-12-17)22-23-24(21)29-32-26(23)19-8-3-2-7-18(19)25(22)31/h2-3,7-12,14-15,28H,4-6,13H2,1H3/t15-/m1/s1. The molecule has 4 aromatic rings. The summed E-state index contributed by atoms with van der Waals surface area (Å²) in [6.07, 6.45) is 3.42. The first-order chi connectivity index (χ1) is 15.6. The van der Waals surface area contributed by atoms with E-state index in [1.807, 2.05) is 30.3 Å². The highest BCUT2D eigenvalue weighted by atomic mass is 19.1. The Kier molecular flexibility index (Phi) is 4.28. The molecular weight excluding hydrogens is 405 g/mol. The highest BCUT2D eigenvalue weighted by Gasteiger charge is 2.34. The van der Waals surface area contributed by atoms with Crippen LogP contribution in [0.4, 0.5) is 21.5 Å². The fraction of sp³-hybridized carbons (Fsp3) is 0.231. The number of nitrogens with one attached hydrogen (secondary N) is 1. The summed E-state index contributed by atoms with van der Waals surface area (Å²) in [5, 5.41) is 8.56. The lowest BCUT2D eigenvalue weighted by atomic mass is 9.86. The van der Waals surface area contributed by atoms with Crippen LogP contribution in [0.25, 0.3) is 22.2 Å². The molecule has 1 aromatic heterocycles. The molecule has 0 bridgehead atoms. The minimum Gasteiger partial charge on any atom is -0.367 e. The Labute approximate surface area is 184 Å². The van der Waals surface area contributed by atoms with Gasteiger partial charge in [-0.3, -0.25) is 4.79 Å². The van der Waals surface area contributed by atoms with E-state index < -0.39 is 0 Å². The number of hydrogen-bond acceptors (Lipinski definition) is 5. The molecule has 2 heterocycles. The molecule has 0 spiro atoms. The Morgan fingerprint density at radius 3 is 2.66 bits per heavy atom. The molecule has 1 aliphatic carbocycles. The van der Waals surface area contributed by atoms with Gasteiger partial charge in [0.2, 0.25) is 0 Å². The van der Waals surface area contributed by atoms with Crippen molar-refractivity contribution in [3.63, 3.8) is 0 Å². The van der Waals surface area contributed by atoms with Crippen molar-refractivity contribution in [1.82, 2.24) is 5.16 Å². The van der Waals surface area contributed by atoms with Gasteiger partial charge >= 0.3 is 0 Å². The van der Waals surface area contributed by atoms with Gasteiger partial charge in [0.1, 0.15) is 11.3 Å². The maximum absolute atomic E-state index is 13.6. The monoisotopic (exact) mass is 427 g/mol. The normalized spacial score (nSPS) is 17.5. The molecule has 1 N–H and O–H groups in total. The van der Waals surface area contributed by atoms with E-state index >= 15 is 0 Å². The van der Waals surface area contributed by atoms with Gasteiger partial charge in [-0.2, -0.15) is 0 Å². The van der Waals surface area contributed by atoms with Crippen molar-refractivity contribution in [1.29, 1.82) is 0 Å². The number of benzene rings is 3. The van der Waals surface area contributed by atoms with Crippen LogP contribution in [0.5, 0.6) is 0 Å². The van der Waals surface area contributed by atoms with Gasteiger partial charge in [-0.1, -0.05) is 29.4 Å². The predicted octanol–water partition coefficient (Wildman–Crippen LogP) is 6.30. The Morgan fingerprint density at radius 2 is 1.88 bits per heavy atom. The summed E-state index contributed by atoms with van der Waals surface area (Å²) in [7, 11) is 0. The number of nitrogens with zero attached hydrogens (tertiary/aromatic N) is 2. The third kappa shape index (κ3) is 2.83. The summed E-state index contributed by atoms with van der Waals surface area (Å²) in [6.45, 7) is 3.15. The molecule has 1 atom stereocenters. The SMILES string of the molecule is C[C@@H]1CCCCN1c1cc(Nc2ccc(F)cc2)c2c3c(onc13)-c1ccccc1C2=O. The van der Waals surface area contributed by atoms with Gasteiger partial charge in [-0.15, -0.1) is 0 Å². The Bertz CT molecular complexity index is 1360. The average Bonchev–Trinajstić information content (AvgIpc) is 3.25. The van der Waals surface area contributed by atoms with E-state index in [1.165, 1.54) is 18.6 Å². The fourth-order valence-electron chi connectivity index (χ4n) is 5.00. The summed E-state index contributed by atoms with van der Waals surface area (Å²) < 4.78 is 19.3. The quantitative estimate of drug-likeness (QED) is 0.366. The second-order valence-corrected chi connectivity index (χ2v) is 8.60. The zero-order valence-electron chi connectivity index (χ0n) is 17.7. The minimum atomic E-state index is -0.304. The summed E-state index contributed by atoms with van der Waals surface area (Å²) >= 11 is 0. The third-order valence-corrected chi connectivity index (χ3v) is 6.61. The van der Waals surface area contributed by atoms with Gasteiger partial charge in [0.15, 0.2) is 11.5 Å². The summed E-state index contributed by atoms with van der Waals surface area (Å²) in [5.41, 5.74) is 4.99. The molecule has 1 saturated heterocycles. The van der Waals surface area contributed by atoms with Crippen LogP contribution in [-0.2, 0) is 0 Å². The fourth-order valence-corrected chi connectivity index (χ4v) is 5.00. The molecule has 2 aliphatic rings. The van der Waals surface area contributed by atoms with Crippen LogP contribution in [0.15, 0.2) is 59.1 Å². The molecule has 5 nitrogen and oxygen atoms in total. The average molecular weight is 427 g/mol. The Hall–Kier alpha value is -3.67. The van der Waals surface area contributed by atoms with Crippen molar-refractivity contribution in [2.24, 2.45) is 0 Å². The van der Waals surface area contributed by atoms with E-state index in [9.17, 15) is 9.18 Å². The lowest BCUT2D eigenvalue weighted by molar-refractivity contribution is 0.104. The third-order valence-electron chi connectivity index (χ3n) is 6.61. The molecule has 0 saturated carbocycles. The van der Waals surface area contributed by atoms with Crippen LogP contribution in [-0.4, -0.2) is 23.5 Å². The van der Waals surface area contributed by atoms with E-state index in [0.29, 0.717) is 34.3 Å². The summed E-state index contributed by atoms with van der Waals surface area (Å²) in [6, 6.07) is 16.0. The number of fused-ring (bicyclic) bond motifs is 2. The van der Waals surface area contributed by atoms with Crippen LogP contribution in [0, 0.1) is 5.82 Å². The Balaban J connectivity index is 1.62. The number of carbonyl (C=O) groups is 1. The molecule has 0 radical (unpaired) electrons. The molecule has 1 fully saturated rings. The van der Waals surface area contributed by atoms with E-state index in [1.54, 1.807) is 12.1 Å². The first-order valence-electron chi connectivity index (χ1n) is 11.0. The van der Waals surface area contributed by atoms with Gasteiger partial charge in [0.05, 0.1) is 22.3 Å². The molecule has 32 heavy (non-hydrogen) atoms. The number of rotatable bonds is 3. The molecule has 6 heteroatoms. The molecule has 160 valence electrons. The number of piperidine rings is 1. The van der Waals surface area contributed by atoms with Crippen molar-refractivity contribution in [3.8, 4) is 11.3 Å². The highest BCUT2D eigenvalue weighted by molar-refractivity contribution is 6.28. The number of ketones is 1. The van der Waals surface area contributed by atoms with E-state index in [2.05, 4.69) is 22.3 Å². The molecule has 1 aliphatic heterocycles. The molecule has 6 rings (SSSR count). The maximum Gasteiger partial charge on any atom is 0.196 e. The van der Waals surface area contributed by atoms with Gasteiger partial charge in [-0.25, -0.2) is 4.39 Å². The highest BCUT2D eigenvalue weighted by Crippen LogP contribution is 2.47. The first kappa shape index (κ1) is 19.0. The van der Waals surface area contributed by atoms with Gasteiger partial charge in [0, 0.05) is 29.4 Å². The zero-order chi connectivity index (χ0) is 21.8. The smallest absolute Gasteiger partial charge is 0.196 e. The number of hydrogen-bond donors (Lipinski definition) is 1. The van der Waals surface area contributed by atoms with Crippen molar-refractivity contribution in [2.45, 2.75) is 32.2 Å². The largest absolute Gasteiger partial charge is 0.367 e. The van der Waals surface area contributed by atoms with Crippen molar-refractivity contribution < 1.29 is 13.7 Å². The molecule has 0 amide bonds. The second-order valence-electron chi connectivity index (χ2n) is 8.60. The van der Waals surface area contributed by atoms with E-state index in [-0.39, 0.29) is 11.6 Å². The van der Waals surface area contributed by atoms with Crippen molar-refractivity contribution in [2.75, 3.05) is 16.8 Å². The van der Waals surface area contributed by atoms with E-state index in [0.717, 1.165) is 41.5 Å². The molecular formula is C26H22FN3O2. The van der Waals surface area contributed by atoms with Gasteiger partial charge in [-0.05, 0) is 56.5 Å². The number of aromatic nitrogens is 1. The zero-order valence-corrected chi connectivity index (χ0v) is 17.7. The van der Waals surface area contributed by atoms with Crippen molar-refractivity contribution >= 4 is 33.7 Å². The lowest BCUT2D eigenvalue weighted by Crippen LogP contribution is -2.37. The van der Waals surface area contributed by atoms with Crippen LogP contribution in [0.3, 0.4) is 0 Å². The Morgan fingerprint density at radius 1 is 1.09 bits per heavy atom. The number of halogens is 1. The summed E-state index contributed by atoms with van der Waals surface area (Å²) in [5.74, 6) is 0.254. The van der Waals surface area contributed by atoms with Crippen molar-refractivity contribution in [3.05, 3.63) is 71.5 Å².